The molecular weight excluding hydrogens is 293 g/mol. The molecule has 1 aliphatic heterocycles. The van der Waals surface area contributed by atoms with Crippen LogP contribution < -0.4 is 10.6 Å². The normalized spacial score (nSPS) is 18.3. The summed E-state index contributed by atoms with van der Waals surface area (Å²) in [5.41, 5.74) is 1.67. The van der Waals surface area contributed by atoms with Crippen LogP contribution in [0.2, 0.25) is 0 Å². The summed E-state index contributed by atoms with van der Waals surface area (Å²) < 4.78 is 13.0. The summed E-state index contributed by atoms with van der Waals surface area (Å²) in [6.07, 6.45) is 0.858. The number of rotatable bonds is 7. The van der Waals surface area contributed by atoms with E-state index in [0.717, 1.165) is 38.2 Å². The van der Waals surface area contributed by atoms with Crippen molar-refractivity contribution in [2.75, 3.05) is 26.2 Å². The Kier molecular flexibility index (Phi) is 6.78. The fourth-order valence-electron chi connectivity index (χ4n) is 2.80. The number of piperazine rings is 1. The molecule has 1 aromatic rings. The van der Waals surface area contributed by atoms with Crippen molar-refractivity contribution in [1.82, 2.24) is 15.5 Å². The maximum Gasteiger partial charge on any atom is 0.147 e. The summed E-state index contributed by atoms with van der Waals surface area (Å²) in [5, 5.41) is 6.80. The average Bonchev–Trinajstić information content (AvgIpc) is 2.54. The van der Waals surface area contributed by atoms with Gasteiger partial charge in [0.2, 0.25) is 0 Å². The Hall–Kier alpha value is -1.68. The molecule has 1 aliphatic rings. The average molecular weight is 319 g/mol. The van der Waals surface area contributed by atoms with E-state index in [0.29, 0.717) is 18.2 Å². The second kappa shape index (κ2) is 8.82. The van der Waals surface area contributed by atoms with E-state index in [9.17, 15) is 9.18 Å². The Bertz CT molecular complexity index is 538. The fourth-order valence-corrected chi connectivity index (χ4v) is 2.80. The van der Waals surface area contributed by atoms with Crippen LogP contribution in [0.3, 0.4) is 0 Å². The largest absolute Gasteiger partial charge is 0.359 e. The van der Waals surface area contributed by atoms with E-state index in [4.69, 9.17) is 0 Å². The summed E-state index contributed by atoms with van der Waals surface area (Å²) in [7, 11) is 0. The first-order valence-corrected chi connectivity index (χ1v) is 8.28. The SMILES string of the molecule is CC(C)CNCCC1NCCN(Cc2ccc(F)cc2)C1=C=O. The molecule has 126 valence electrons. The number of hydrogen-bond acceptors (Lipinski definition) is 4. The molecule has 0 amide bonds. The highest BCUT2D eigenvalue weighted by molar-refractivity contribution is 5.54. The van der Waals surface area contributed by atoms with E-state index in [2.05, 4.69) is 30.4 Å². The lowest BCUT2D eigenvalue weighted by Crippen LogP contribution is -2.49. The van der Waals surface area contributed by atoms with Crippen LogP contribution in [0, 0.1) is 11.7 Å². The van der Waals surface area contributed by atoms with Gasteiger partial charge in [0, 0.05) is 19.6 Å². The quantitative estimate of drug-likeness (QED) is 0.596. The zero-order chi connectivity index (χ0) is 16.7. The van der Waals surface area contributed by atoms with E-state index < -0.39 is 0 Å². The number of hydrogen-bond donors (Lipinski definition) is 2. The van der Waals surface area contributed by atoms with Gasteiger partial charge in [0.25, 0.3) is 0 Å². The molecule has 0 bridgehead atoms. The molecular formula is C18H26FN3O. The lowest BCUT2D eigenvalue weighted by Gasteiger charge is -2.36. The molecule has 1 unspecified atom stereocenters. The maximum atomic E-state index is 13.0. The minimum absolute atomic E-state index is 0.0290. The van der Waals surface area contributed by atoms with Gasteiger partial charge in [0.15, 0.2) is 0 Å². The molecule has 0 radical (unpaired) electrons. The van der Waals surface area contributed by atoms with E-state index in [-0.39, 0.29) is 11.9 Å². The van der Waals surface area contributed by atoms with Crippen LogP contribution in [0.4, 0.5) is 4.39 Å². The Labute approximate surface area is 137 Å². The van der Waals surface area contributed by atoms with Gasteiger partial charge < -0.3 is 15.5 Å². The number of nitrogens with one attached hydrogen (secondary N) is 2. The minimum Gasteiger partial charge on any atom is -0.359 e. The second-order valence-corrected chi connectivity index (χ2v) is 6.43. The van der Waals surface area contributed by atoms with Crippen LogP contribution >= 0.6 is 0 Å². The Morgan fingerprint density at radius 3 is 2.78 bits per heavy atom. The first-order valence-electron chi connectivity index (χ1n) is 8.28. The van der Waals surface area contributed by atoms with E-state index >= 15 is 0 Å². The highest BCUT2D eigenvalue weighted by atomic mass is 19.1. The molecule has 1 saturated heterocycles. The predicted octanol–water partition coefficient (Wildman–Crippen LogP) is 1.95. The Morgan fingerprint density at radius 2 is 2.13 bits per heavy atom. The molecule has 0 aliphatic carbocycles. The third-order valence-electron chi connectivity index (χ3n) is 4.00. The van der Waals surface area contributed by atoms with E-state index in [1.54, 1.807) is 12.1 Å². The van der Waals surface area contributed by atoms with Crippen molar-refractivity contribution in [3.05, 3.63) is 41.3 Å². The third kappa shape index (κ3) is 5.47. The third-order valence-corrected chi connectivity index (χ3v) is 4.00. The number of halogens is 1. The fraction of sp³-hybridized carbons (Fsp3) is 0.556. The Balaban J connectivity index is 1.92. The number of carbonyl (C=O) groups excluding carboxylic acids is 1. The predicted molar refractivity (Wildman–Crippen MR) is 90.1 cm³/mol. The van der Waals surface area contributed by atoms with Crippen LogP contribution in [0.5, 0.6) is 0 Å². The number of benzene rings is 1. The topological polar surface area (TPSA) is 44.4 Å². The van der Waals surface area contributed by atoms with Gasteiger partial charge in [-0.15, -0.1) is 0 Å². The summed E-state index contributed by atoms with van der Waals surface area (Å²) >= 11 is 0. The smallest absolute Gasteiger partial charge is 0.147 e. The van der Waals surface area contributed by atoms with E-state index in [1.165, 1.54) is 12.1 Å². The van der Waals surface area contributed by atoms with Crippen LogP contribution in [0.15, 0.2) is 30.0 Å². The van der Waals surface area contributed by atoms with Gasteiger partial charge in [-0.05, 0) is 43.1 Å². The second-order valence-electron chi connectivity index (χ2n) is 6.43. The zero-order valence-corrected chi connectivity index (χ0v) is 13.9. The molecule has 0 saturated carbocycles. The highest BCUT2D eigenvalue weighted by Gasteiger charge is 2.25. The number of nitrogens with zero attached hydrogens (tertiary/aromatic N) is 1. The van der Waals surface area contributed by atoms with Crippen molar-refractivity contribution in [3.8, 4) is 0 Å². The monoisotopic (exact) mass is 319 g/mol. The first-order chi connectivity index (χ1) is 11.1. The molecule has 5 heteroatoms. The van der Waals surface area contributed by atoms with Crippen molar-refractivity contribution in [2.24, 2.45) is 5.92 Å². The van der Waals surface area contributed by atoms with Crippen LogP contribution in [-0.2, 0) is 11.3 Å². The van der Waals surface area contributed by atoms with Gasteiger partial charge in [0.05, 0.1) is 6.04 Å². The zero-order valence-electron chi connectivity index (χ0n) is 13.9. The Morgan fingerprint density at radius 1 is 1.39 bits per heavy atom. The van der Waals surface area contributed by atoms with Crippen molar-refractivity contribution >= 4 is 5.94 Å². The van der Waals surface area contributed by atoms with E-state index in [1.807, 2.05) is 4.90 Å². The summed E-state index contributed by atoms with van der Waals surface area (Å²) in [4.78, 5) is 13.5. The summed E-state index contributed by atoms with van der Waals surface area (Å²) in [6, 6.07) is 6.46. The van der Waals surface area contributed by atoms with Gasteiger partial charge in [-0.2, -0.15) is 0 Å². The van der Waals surface area contributed by atoms with Crippen molar-refractivity contribution in [2.45, 2.75) is 32.9 Å². The standard InChI is InChI=1S/C18H26FN3O/c1-14(2)11-20-8-7-17-18(13-23)22(10-9-21-17)12-15-3-5-16(19)6-4-15/h3-6,14,17,20-21H,7-12H2,1-2H3. The van der Waals surface area contributed by atoms with Crippen LogP contribution in [0.1, 0.15) is 25.8 Å². The molecule has 1 atom stereocenters. The molecule has 4 nitrogen and oxygen atoms in total. The van der Waals surface area contributed by atoms with Gasteiger partial charge in [0.1, 0.15) is 17.5 Å². The molecule has 1 aromatic carbocycles. The van der Waals surface area contributed by atoms with Crippen LogP contribution in [0.25, 0.3) is 0 Å². The molecule has 23 heavy (non-hydrogen) atoms. The molecule has 1 heterocycles. The summed E-state index contributed by atoms with van der Waals surface area (Å²) in [6.45, 7) is 8.40. The maximum absolute atomic E-state index is 13.0. The van der Waals surface area contributed by atoms with Gasteiger partial charge in [-0.25, -0.2) is 9.18 Å². The summed E-state index contributed by atoms with van der Waals surface area (Å²) in [5.74, 6) is 2.49. The molecule has 2 rings (SSSR count). The van der Waals surface area contributed by atoms with Crippen LogP contribution in [-0.4, -0.2) is 43.1 Å². The van der Waals surface area contributed by atoms with Gasteiger partial charge in [-0.1, -0.05) is 26.0 Å². The molecule has 1 fully saturated rings. The lowest BCUT2D eigenvalue weighted by molar-refractivity contribution is 0.253. The van der Waals surface area contributed by atoms with Crippen molar-refractivity contribution < 1.29 is 9.18 Å². The lowest BCUT2D eigenvalue weighted by atomic mass is 10.1. The first kappa shape index (κ1) is 17.7. The molecule has 0 spiro atoms. The van der Waals surface area contributed by atoms with Crippen molar-refractivity contribution in [1.29, 1.82) is 0 Å². The van der Waals surface area contributed by atoms with Crippen molar-refractivity contribution in [3.63, 3.8) is 0 Å². The molecule has 2 N–H and O–H groups in total. The minimum atomic E-state index is -0.241. The highest BCUT2D eigenvalue weighted by Crippen LogP contribution is 2.17. The van der Waals surface area contributed by atoms with Gasteiger partial charge in [-0.3, -0.25) is 0 Å². The van der Waals surface area contributed by atoms with Gasteiger partial charge >= 0.3 is 0 Å². The molecule has 0 aromatic heterocycles.